The summed E-state index contributed by atoms with van der Waals surface area (Å²) in [6, 6.07) is 12.0. The summed E-state index contributed by atoms with van der Waals surface area (Å²) in [5.74, 6) is 1.70. The fraction of sp³-hybridized carbons (Fsp3) is 0.417. The van der Waals surface area contributed by atoms with E-state index in [1.807, 2.05) is 30.5 Å². The predicted molar refractivity (Wildman–Crippen MR) is 120 cm³/mol. The lowest BCUT2D eigenvalue weighted by Crippen LogP contribution is -2.45. The van der Waals surface area contributed by atoms with E-state index in [4.69, 9.17) is 9.47 Å². The van der Waals surface area contributed by atoms with Crippen molar-refractivity contribution in [1.29, 1.82) is 0 Å². The molecule has 1 atom stereocenters. The third kappa shape index (κ3) is 4.14. The van der Waals surface area contributed by atoms with E-state index in [-0.39, 0.29) is 18.2 Å². The number of nitrogens with zero attached hydrogens (tertiary/aromatic N) is 1. The van der Waals surface area contributed by atoms with Crippen LogP contribution in [-0.4, -0.2) is 42.2 Å². The minimum Gasteiger partial charge on any atom is -0.496 e. The molecule has 0 radical (unpaired) electrons. The van der Waals surface area contributed by atoms with Gasteiger partial charge in [-0.3, -0.25) is 4.90 Å². The molecule has 3 aromatic rings. The normalized spacial score (nSPS) is 18.0. The van der Waals surface area contributed by atoms with Crippen molar-refractivity contribution >= 4 is 23.3 Å². The number of H-pyrrole nitrogens is 1. The lowest BCUT2D eigenvalue weighted by molar-refractivity contribution is 0.110. The first-order chi connectivity index (χ1) is 14.2. The van der Waals surface area contributed by atoms with Gasteiger partial charge in [-0.05, 0) is 74.5 Å². The van der Waals surface area contributed by atoms with Crippen molar-refractivity contribution in [3.8, 4) is 11.5 Å². The first-order valence-electron chi connectivity index (χ1n) is 10.5. The van der Waals surface area contributed by atoms with E-state index in [1.165, 1.54) is 30.0 Å². The first kappa shape index (κ1) is 21.0. The summed E-state index contributed by atoms with van der Waals surface area (Å²) >= 11 is 0. The lowest BCUT2D eigenvalue weighted by atomic mass is 9.99. The highest BCUT2D eigenvalue weighted by Gasteiger charge is 2.36. The molecule has 1 aromatic heterocycles. The fourth-order valence-electron chi connectivity index (χ4n) is 4.65. The van der Waals surface area contributed by atoms with E-state index in [1.54, 1.807) is 13.2 Å². The lowest BCUT2D eigenvalue weighted by Gasteiger charge is -2.35. The van der Waals surface area contributed by atoms with E-state index in [2.05, 4.69) is 9.88 Å². The molecule has 0 saturated heterocycles. The average Bonchev–Trinajstić information content (AvgIpc) is 3.51. The van der Waals surface area contributed by atoms with E-state index < -0.39 is 0 Å². The second kappa shape index (κ2) is 8.86. The highest BCUT2D eigenvalue weighted by Crippen LogP contribution is 2.37. The summed E-state index contributed by atoms with van der Waals surface area (Å²) in [5.41, 5.74) is 3.39. The molecule has 160 valence electrons. The molecule has 0 amide bonds. The van der Waals surface area contributed by atoms with Crippen LogP contribution < -0.4 is 9.47 Å². The number of aromatic nitrogens is 1. The molecule has 2 heterocycles. The van der Waals surface area contributed by atoms with Gasteiger partial charge in [0.15, 0.2) is 0 Å². The van der Waals surface area contributed by atoms with Crippen molar-refractivity contribution in [2.45, 2.75) is 44.2 Å². The second-order valence-electron chi connectivity index (χ2n) is 8.18. The third-order valence-corrected chi connectivity index (χ3v) is 6.26. The van der Waals surface area contributed by atoms with Gasteiger partial charge in [0.05, 0.1) is 7.11 Å². The van der Waals surface area contributed by atoms with Gasteiger partial charge < -0.3 is 14.5 Å². The number of ether oxygens (including phenoxy) is 2. The van der Waals surface area contributed by atoms with Gasteiger partial charge in [0, 0.05) is 34.7 Å². The Kier molecular flexibility index (Phi) is 6.21. The Hall–Kier alpha value is -2.24. The topological polar surface area (TPSA) is 37.5 Å². The van der Waals surface area contributed by atoms with E-state index in [0.29, 0.717) is 12.1 Å². The summed E-state index contributed by atoms with van der Waals surface area (Å²) in [7, 11) is 1.72. The Morgan fingerprint density at radius 2 is 2.07 bits per heavy atom. The van der Waals surface area contributed by atoms with E-state index in [0.717, 1.165) is 54.8 Å². The SMILES string of the molecule is COc1cccc2c1CC(N(CCCc1c[nH]c3ccc(F)cc13)C1CC1)CO2.Cl. The molecule has 1 N–H and O–H groups in total. The molecule has 5 rings (SSSR count). The summed E-state index contributed by atoms with van der Waals surface area (Å²) in [6.07, 6.45) is 7.53. The van der Waals surface area contributed by atoms with E-state index in [9.17, 15) is 4.39 Å². The summed E-state index contributed by atoms with van der Waals surface area (Å²) in [5, 5.41) is 1.00. The number of rotatable bonds is 7. The number of halogens is 2. The highest BCUT2D eigenvalue weighted by atomic mass is 35.5. The van der Waals surface area contributed by atoms with Gasteiger partial charge in [-0.25, -0.2) is 4.39 Å². The smallest absolute Gasteiger partial charge is 0.126 e. The molecule has 1 saturated carbocycles. The fourth-order valence-corrected chi connectivity index (χ4v) is 4.65. The molecule has 2 aromatic carbocycles. The van der Waals surface area contributed by atoms with Crippen LogP contribution in [0.2, 0.25) is 0 Å². The van der Waals surface area contributed by atoms with Crippen LogP contribution in [0.1, 0.15) is 30.4 Å². The van der Waals surface area contributed by atoms with Gasteiger partial charge in [-0.2, -0.15) is 0 Å². The zero-order valence-electron chi connectivity index (χ0n) is 17.2. The van der Waals surface area contributed by atoms with Crippen molar-refractivity contribution in [2.75, 3.05) is 20.3 Å². The number of hydrogen-bond donors (Lipinski definition) is 1. The highest BCUT2D eigenvalue weighted by molar-refractivity contribution is 5.85. The van der Waals surface area contributed by atoms with Crippen LogP contribution in [0, 0.1) is 5.82 Å². The Bertz CT molecular complexity index is 1000. The summed E-state index contributed by atoms with van der Waals surface area (Å²) in [4.78, 5) is 5.89. The number of methoxy groups -OCH3 is 1. The van der Waals surface area contributed by atoms with Crippen LogP contribution in [0.4, 0.5) is 4.39 Å². The van der Waals surface area contributed by atoms with Gasteiger partial charge in [0.1, 0.15) is 23.9 Å². The van der Waals surface area contributed by atoms with Crippen LogP contribution in [0.25, 0.3) is 10.9 Å². The minimum absolute atomic E-state index is 0. The van der Waals surface area contributed by atoms with Gasteiger partial charge >= 0.3 is 0 Å². The molecular weight excluding hydrogens is 403 g/mol. The zero-order valence-corrected chi connectivity index (χ0v) is 18.0. The number of aryl methyl sites for hydroxylation is 1. The number of fused-ring (bicyclic) bond motifs is 2. The number of benzene rings is 2. The molecule has 1 unspecified atom stereocenters. The molecule has 4 nitrogen and oxygen atoms in total. The van der Waals surface area contributed by atoms with Crippen LogP contribution in [0.15, 0.2) is 42.6 Å². The second-order valence-corrected chi connectivity index (χ2v) is 8.18. The molecular formula is C24H28ClFN2O2. The Labute approximate surface area is 182 Å². The monoisotopic (exact) mass is 430 g/mol. The van der Waals surface area contributed by atoms with Crippen LogP contribution in [-0.2, 0) is 12.8 Å². The zero-order chi connectivity index (χ0) is 19.8. The maximum Gasteiger partial charge on any atom is 0.126 e. The van der Waals surface area contributed by atoms with Crippen LogP contribution >= 0.6 is 12.4 Å². The van der Waals surface area contributed by atoms with Crippen molar-refractivity contribution in [1.82, 2.24) is 9.88 Å². The van der Waals surface area contributed by atoms with Gasteiger partial charge in [-0.1, -0.05) is 6.07 Å². The number of nitrogens with one attached hydrogen (secondary N) is 1. The standard InChI is InChI=1S/C24H27FN2O2.ClH/c1-28-23-5-2-6-24-21(23)13-19(15-29-24)27(18-8-9-18)11-3-4-16-14-26-22-10-7-17(25)12-20(16)22;/h2,5-7,10,12,14,18-19,26H,3-4,8-9,11,13,15H2,1H3;1H. The van der Waals surface area contributed by atoms with Gasteiger partial charge in [-0.15, -0.1) is 12.4 Å². The molecule has 1 aliphatic carbocycles. The maximum absolute atomic E-state index is 13.6. The average molecular weight is 431 g/mol. The largest absolute Gasteiger partial charge is 0.496 e. The Morgan fingerprint density at radius 1 is 1.20 bits per heavy atom. The molecule has 1 fully saturated rings. The summed E-state index contributed by atoms with van der Waals surface area (Å²) < 4.78 is 25.3. The Balaban J connectivity index is 0.00000218. The third-order valence-electron chi connectivity index (χ3n) is 6.26. The maximum atomic E-state index is 13.6. The number of aromatic amines is 1. The Morgan fingerprint density at radius 3 is 2.87 bits per heavy atom. The summed E-state index contributed by atoms with van der Waals surface area (Å²) in [6.45, 7) is 1.76. The van der Waals surface area contributed by atoms with Gasteiger partial charge in [0.2, 0.25) is 0 Å². The number of hydrogen-bond acceptors (Lipinski definition) is 3. The minimum atomic E-state index is -0.176. The van der Waals surface area contributed by atoms with Crippen molar-refractivity contribution in [3.63, 3.8) is 0 Å². The van der Waals surface area contributed by atoms with Crippen molar-refractivity contribution in [3.05, 3.63) is 59.5 Å². The van der Waals surface area contributed by atoms with Crippen molar-refractivity contribution < 1.29 is 13.9 Å². The molecule has 0 spiro atoms. The quantitative estimate of drug-likeness (QED) is 0.564. The molecule has 1 aliphatic heterocycles. The predicted octanol–water partition coefficient (Wildman–Crippen LogP) is 5.14. The molecule has 2 aliphatic rings. The molecule has 0 bridgehead atoms. The van der Waals surface area contributed by atoms with Gasteiger partial charge in [0.25, 0.3) is 0 Å². The van der Waals surface area contributed by atoms with Crippen LogP contribution in [0.5, 0.6) is 11.5 Å². The molecule has 30 heavy (non-hydrogen) atoms. The van der Waals surface area contributed by atoms with Crippen molar-refractivity contribution in [2.24, 2.45) is 0 Å². The first-order valence-corrected chi connectivity index (χ1v) is 10.5. The van der Waals surface area contributed by atoms with E-state index >= 15 is 0 Å². The van der Waals surface area contributed by atoms with Crippen LogP contribution in [0.3, 0.4) is 0 Å². The molecule has 6 heteroatoms.